The van der Waals surface area contributed by atoms with Crippen LogP contribution in [0.3, 0.4) is 0 Å². The third kappa shape index (κ3) is 5.20. The number of benzene rings is 1. The van der Waals surface area contributed by atoms with Crippen molar-refractivity contribution in [2.45, 2.75) is 6.23 Å². The van der Waals surface area contributed by atoms with Gasteiger partial charge in [0.15, 0.2) is 33.2 Å². The van der Waals surface area contributed by atoms with Crippen LogP contribution in [-0.2, 0) is 49.1 Å². The maximum atomic E-state index is 13.5. The zero-order valence-electron chi connectivity index (χ0n) is 17.8. The molecular formula is C18H14FN5O9S4. The average Bonchev–Trinajstić information content (AvgIpc) is 3.27. The van der Waals surface area contributed by atoms with E-state index in [1.807, 2.05) is 0 Å². The lowest BCUT2D eigenvalue weighted by Crippen LogP contribution is -2.28. The number of hydrogen-bond donors (Lipinski definition) is 5. The first-order valence-corrected chi connectivity index (χ1v) is 13.9. The smallest absolute Gasteiger partial charge is 0.234 e. The zero-order chi connectivity index (χ0) is 27.0. The number of hydrogen-bond acceptors (Lipinski definition) is 9. The minimum atomic E-state index is -3.20. The van der Waals surface area contributed by atoms with Gasteiger partial charge in [-0.1, -0.05) is 0 Å². The normalized spacial score (nSPS) is 19.3. The largest absolute Gasteiger partial charge is 0.453 e. The van der Waals surface area contributed by atoms with Crippen molar-refractivity contribution in [2.75, 3.05) is 5.73 Å². The molecule has 0 fully saturated rings. The zero-order valence-corrected chi connectivity index (χ0v) is 21.1. The van der Waals surface area contributed by atoms with E-state index < -0.39 is 76.2 Å². The molecule has 0 spiro atoms. The summed E-state index contributed by atoms with van der Waals surface area (Å²) in [4.78, 5) is 9.05. The standard InChI is InChI=1S/C18H14FN5O9S4/c19-9-3-1-8(2-4-9)11-12(10-5-6-21-18(20)23-10)24(7-22-11)16-14(35(27)28)13(34(25)26)15(36(29)30)17(33-16)37(31)32/h1-7,16H,(H,25,26)(H,27,28)(H,29,30)(H,31,32)(H2,20,21,23). The second kappa shape index (κ2) is 10.8. The van der Waals surface area contributed by atoms with Crippen LogP contribution in [0.4, 0.5) is 10.3 Å². The molecule has 4 rings (SSSR count). The Bertz CT molecular complexity index is 1560. The van der Waals surface area contributed by atoms with Gasteiger partial charge in [0.2, 0.25) is 28.3 Å². The summed E-state index contributed by atoms with van der Waals surface area (Å²) in [5, 5.41) is -1.11. The van der Waals surface area contributed by atoms with Crippen LogP contribution in [-0.4, -0.2) is 54.6 Å². The molecule has 1 aliphatic rings. The van der Waals surface area contributed by atoms with E-state index in [9.17, 15) is 39.4 Å². The molecule has 19 heteroatoms. The Balaban J connectivity index is 2.07. The van der Waals surface area contributed by atoms with Crippen molar-refractivity contribution in [1.82, 2.24) is 19.5 Å². The van der Waals surface area contributed by atoms with Gasteiger partial charge in [-0.25, -0.2) is 36.2 Å². The van der Waals surface area contributed by atoms with Crippen LogP contribution in [0.1, 0.15) is 6.23 Å². The Labute approximate surface area is 216 Å². The number of imidazole rings is 1. The van der Waals surface area contributed by atoms with E-state index in [2.05, 4.69) is 15.0 Å². The van der Waals surface area contributed by atoms with E-state index in [1.165, 1.54) is 24.4 Å². The molecule has 6 N–H and O–H groups in total. The summed E-state index contributed by atoms with van der Waals surface area (Å²) in [5.41, 5.74) is 6.23. The summed E-state index contributed by atoms with van der Waals surface area (Å²) in [6.45, 7) is 0. The molecule has 0 radical (unpaired) electrons. The number of nitrogens with zero attached hydrogens (tertiary/aromatic N) is 4. The molecule has 14 nitrogen and oxygen atoms in total. The SMILES string of the molecule is Nc1nccc(-c2c(-c3ccc(F)cc3)ncn2C2OC(S(=O)O)=C(S(=O)O)C(S(=O)O)=C2S(=O)O)n1. The monoisotopic (exact) mass is 591 g/mol. The molecule has 0 aliphatic carbocycles. The van der Waals surface area contributed by atoms with Crippen LogP contribution in [0.2, 0.25) is 0 Å². The molecule has 3 heterocycles. The lowest BCUT2D eigenvalue weighted by Gasteiger charge is -2.29. The number of anilines is 1. The van der Waals surface area contributed by atoms with Crippen LogP contribution in [0.15, 0.2) is 62.7 Å². The average molecular weight is 592 g/mol. The van der Waals surface area contributed by atoms with Crippen molar-refractivity contribution in [2.24, 2.45) is 0 Å². The van der Waals surface area contributed by atoms with Crippen molar-refractivity contribution in [1.29, 1.82) is 0 Å². The quantitative estimate of drug-likeness (QED) is 0.246. The van der Waals surface area contributed by atoms with E-state index >= 15 is 0 Å². The fraction of sp³-hybridized carbons (Fsp3) is 0.0556. The summed E-state index contributed by atoms with van der Waals surface area (Å²) in [6, 6.07) is 6.40. The summed E-state index contributed by atoms with van der Waals surface area (Å²) in [7, 11) is 0. The molecule has 196 valence electrons. The highest BCUT2D eigenvalue weighted by Gasteiger charge is 2.43. The molecule has 0 bridgehead atoms. The highest BCUT2D eigenvalue weighted by Crippen LogP contribution is 2.43. The minimum absolute atomic E-state index is 0.00775. The molecule has 3 aromatic rings. The Morgan fingerprint density at radius 3 is 2.08 bits per heavy atom. The van der Waals surface area contributed by atoms with Crippen LogP contribution < -0.4 is 5.73 Å². The van der Waals surface area contributed by atoms with Gasteiger partial charge in [0, 0.05) is 11.8 Å². The lowest BCUT2D eigenvalue weighted by molar-refractivity contribution is 0.105. The molecular weight excluding hydrogens is 577 g/mol. The number of nitrogens with two attached hydrogens (primary N) is 1. The second-order valence-electron chi connectivity index (χ2n) is 6.93. The van der Waals surface area contributed by atoms with Gasteiger partial charge in [-0.2, -0.15) is 0 Å². The third-order valence-corrected chi connectivity index (χ3v) is 8.13. The predicted octanol–water partition coefficient (Wildman–Crippen LogP) is 1.52. The van der Waals surface area contributed by atoms with Gasteiger partial charge in [0.05, 0.1) is 23.4 Å². The van der Waals surface area contributed by atoms with Gasteiger partial charge in [0.1, 0.15) is 20.5 Å². The molecule has 0 saturated carbocycles. The minimum Gasteiger partial charge on any atom is -0.453 e. The fourth-order valence-electron chi connectivity index (χ4n) is 3.43. The Morgan fingerprint density at radius 2 is 1.54 bits per heavy atom. The van der Waals surface area contributed by atoms with Gasteiger partial charge in [-0.15, -0.1) is 0 Å². The summed E-state index contributed by atoms with van der Waals surface area (Å²) >= 11 is -12.6. The fourth-order valence-corrected chi connectivity index (χ4v) is 6.85. The van der Waals surface area contributed by atoms with Gasteiger partial charge < -0.3 is 24.1 Å². The van der Waals surface area contributed by atoms with Gasteiger partial charge in [-0.05, 0) is 30.3 Å². The number of halogens is 1. The summed E-state index contributed by atoms with van der Waals surface area (Å²) in [6.07, 6.45) is 0.422. The third-order valence-electron chi connectivity index (χ3n) is 4.84. The molecule has 1 aromatic carbocycles. The Morgan fingerprint density at radius 1 is 0.892 bits per heavy atom. The van der Waals surface area contributed by atoms with E-state index in [0.29, 0.717) is 5.56 Å². The topological polar surface area (TPSA) is 228 Å². The van der Waals surface area contributed by atoms with Crippen LogP contribution in [0.25, 0.3) is 22.6 Å². The maximum absolute atomic E-state index is 13.5. The highest BCUT2D eigenvalue weighted by molar-refractivity contribution is 7.92. The molecule has 1 aliphatic heterocycles. The number of rotatable bonds is 7. The number of ether oxygens (including phenoxy) is 1. The van der Waals surface area contributed by atoms with Crippen molar-refractivity contribution in [3.8, 4) is 22.6 Å². The van der Waals surface area contributed by atoms with Gasteiger partial charge in [-0.3, -0.25) is 9.12 Å². The molecule has 0 saturated heterocycles. The Kier molecular flexibility index (Phi) is 7.85. The van der Waals surface area contributed by atoms with E-state index in [4.69, 9.17) is 10.5 Å². The van der Waals surface area contributed by atoms with Crippen molar-refractivity contribution in [3.63, 3.8) is 0 Å². The first-order valence-electron chi connectivity index (χ1n) is 9.51. The molecule has 5 unspecified atom stereocenters. The first-order chi connectivity index (χ1) is 17.5. The van der Waals surface area contributed by atoms with Crippen molar-refractivity contribution >= 4 is 50.3 Å². The molecule has 5 atom stereocenters. The van der Waals surface area contributed by atoms with Gasteiger partial charge >= 0.3 is 0 Å². The molecule has 0 amide bonds. The second-order valence-corrected chi connectivity index (χ2v) is 10.6. The van der Waals surface area contributed by atoms with Crippen molar-refractivity contribution in [3.05, 3.63) is 68.5 Å². The van der Waals surface area contributed by atoms with Crippen LogP contribution in [0.5, 0.6) is 0 Å². The maximum Gasteiger partial charge on any atom is 0.234 e. The first kappa shape index (κ1) is 27.0. The van der Waals surface area contributed by atoms with Crippen LogP contribution in [0, 0.1) is 5.82 Å². The Hall–Kier alpha value is -3.04. The molecule has 37 heavy (non-hydrogen) atoms. The van der Waals surface area contributed by atoms with E-state index in [-0.39, 0.29) is 23.0 Å². The van der Waals surface area contributed by atoms with E-state index in [0.717, 1.165) is 23.0 Å². The predicted molar refractivity (Wildman–Crippen MR) is 130 cm³/mol. The van der Waals surface area contributed by atoms with Crippen LogP contribution >= 0.6 is 0 Å². The summed E-state index contributed by atoms with van der Waals surface area (Å²) < 4.78 is 108. The summed E-state index contributed by atoms with van der Waals surface area (Å²) in [5.74, 6) is -0.735. The van der Waals surface area contributed by atoms with Crippen molar-refractivity contribution < 1.29 is 44.2 Å². The van der Waals surface area contributed by atoms with Gasteiger partial charge in [0.25, 0.3) is 0 Å². The highest BCUT2D eigenvalue weighted by atomic mass is 32.2. The van der Waals surface area contributed by atoms with E-state index in [1.54, 1.807) is 0 Å². The lowest BCUT2D eigenvalue weighted by atomic mass is 10.1. The number of nitrogen functional groups attached to an aromatic ring is 1. The number of aromatic nitrogens is 4. The molecule has 2 aromatic heterocycles.